The lowest BCUT2D eigenvalue weighted by Gasteiger charge is -2.43. The van der Waals surface area contributed by atoms with E-state index in [2.05, 4.69) is 15.9 Å². The number of rotatable bonds is 0. The van der Waals surface area contributed by atoms with Gasteiger partial charge in [-0.05, 0) is 42.9 Å². The summed E-state index contributed by atoms with van der Waals surface area (Å²) >= 11 is 3.76. The predicted octanol–water partition coefficient (Wildman–Crippen LogP) is 2.71. The third-order valence-corrected chi connectivity index (χ3v) is 5.07. The maximum Gasteiger partial charge on any atom is 0.0213 e. The lowest BCUT2D eigenvalue weighted by Crippen LogP contribution is -2.41. The van der Waals surface area contributed by atoms with E-state index in [0.717, 1.165) is 15.7 Å². The lowest BCUT2D eigenvalue weighted by atomic mass is 9.67. The molecule has 0 aromatic rings. The minimum absolute atomic E-state index is 0.854. The summed E-state index contributed by atoms with van der Waals surface area (Å²) in [6.45, 7) is 0. The van der Waals surface area contributed by atoms with Crippen molar-refractivity contribution >= 4 is 15.9 Å². The first-order valence-corrected chi connectivity index (χ1v) is 4.85. The Morgan fingerprint density at radius 3 is 2.00 bits per heavy atom. The van der Waals surface area contributed by atoms with Gasteiger partial charge in [-0.3, -0.25) is 0 Å². The molecule has 0 radical (unpaired) electrons. The van der Waals surface area contributed by atoms with Gasteiger partial charge in [0.15, 0.2) is 0 Å². The molecule has 1 atom stereocenters. The molecule has 0 saturated heterocycles. The van der Waals surface area contributed by atoms with Crippen LogP contribution in [0.15, 0.2) is 0 Å². The van der Waals surface area contributed by atoms with Crippen LogP contribution in [0.4, 0.5) is 0 Å². The Labute approximate surface area is 64.1 Å². The van der Waals surface area contributed by atoms with Gasteiger partial charge in [0.1, 0.15) is 0 Å². The number of hydrogen-bond acceptors (Lipinski definition) is 0. The first-order valence-electron chi connectivity index (χ1n) is 3.93. The van der Waals surface area contributed by atoms with Crippen molar-refractivity contribution in [3.8, 4) is 0 Å². The van der Waals surface area contributed by atoms with Crippen molar-refractivity contribution in [2.45, 2.75) is 36.9 Å². The van der Waals surface area contributed by atoms with Crippen molar-refractivity contribution in [2.24, 2.45) is 10.8 Å². The highest BCUT2D eigenvalue weighted by molar-refractivity contribution is 9.09. The van der Waals surface area contributed by atoms with Crippen molar-refractivity contribution in [3.05, 3.63) is 0 Å². The summed E-state index contributed by atoms with van der Waals surface area (Å²) in [5.74, 6) is 0. The van der Waals surface area contributed by atoms with Crippen LogP contribution in [-0.4, -0.2) is 4.83 Å². The molecule has 50 valence electrons. The van der Waals surface area contributed by atoms with Crippen LogP contribution in [0.2, 0.25) is 0 Å². The van der Waals surface area contributed by atoms with E-state index in [1.807, 2.05) is 0 Å². The fraction of sp³-hybridized carbons (Fsp3) is 1.00. The lowest BCUT2D eigenvalue weighted by molar-refractivity contribution is 0.138. The molecule has 3 aliphatic carbocycles. The predicted molar refractivity (Wildman–Crippen MR) is 40.7 cm³/mol. The van der Waals surface area contributed by atoms with Gasteiger partial charge < -0.3 is 0 Å². The van der Waals surface area contributed by atoms with Crippen LogP contribution in [0, 0.1) is 10.8 Å². The van der Waals surface area contributed by atoms with Gasteiger partial charge in [-0.2, -0.15) is 0 Å². The highest BCUT2D eigenvalue weighted by atomic mass is 79.9. The molecule has 9 heavy (non-hydrogen) atoms. The number of fused-ring (bicyclic) bond motifs is 1. The summed E-state index contributed by atoms with van der Waals surface area (Å²) in [7, 11) is 0. The first kappa shape index (κ1) is 5.17. The van der Waals surface area contributed by atoms with Crippen molar-refractivity contribution in [2.75, 3.05) is 0 Å². The average molecular weight is 187 g/mol. The van der Waals surface area contributed by atoms with Gasteiger partial charge in [0.05, 0.1) is 0 Å². The number of hydrogen-bond donors (Lipinski definition) is 0. The zero-order valence-corrected chi connectivity index (χ0v) is 7.08. The SMILES string of the molecule is BrC1CC2(CC2)C12CC2. The fourth-order valence-corrected chi connectivity index (χ4v) is 4.34. The molecule has 3 saturated carbocycles. The van der Waals surface area contributed by atoms with Gasteiger partial charge in [-0.25, -0.2) is 0 Å². The Hall–Kier alpha value is 0.480. The van der Waals surface area contributed by atoms with Crippen molar-refractivity contribution in [3.63, 3.8) is 0 Å². The van der Waals surface area contributed by atoms with E-state index < -0.39 is 0 Å². The van der Waals surface area contributed by atoms with Gasteiger partial charge in [-0.1, -0.05) is 15.9 Å². The molecule has 0 bridgehead atoms. The summed E-state index contributed by atoms with van der Waals surface area (Å²) in [5.41, 5.74) is 1.76. The van der Waals surface area contributed by atoms with Crippen LogP contribution in [0.5, 0.6) is 0 Å². The van der Waals surface area contributed by atoms with Crippen molar-refractivity contribution in [1.29, 1.82) is 0 Å². The Morgan fingerprint density at radius 1 is 1.11 bits per heavy atom. The zero-order chi connectivity index (χ0) is 6.11. The quantitative estimate of drug-likeness (QED) is 0.511. The standard InChI is InChI=1S/C8H11Br/c9-6-5-7(1-2-7)8(6)3-4-8/h6H,1-5H2. The Balaban J connectivity index is 1.97. The van der Waals surface area contributed by atoms with Gasteiger partial charge in [0.2, 0.25) is 0 Å². The first-order chi connectivity index (χ1) is 4.29. The Bertz CT molecular complexity index is 165. The fourth-order valence-electron chi connectivity index (χ4n) is 2.77. The molecule has 1 heteroatoms. The van der Waals surface area contributed by atoms with E-state index >= 15 is 0 Å². The van der Waals surface area contributed by atoms with Gasteiger partial charge >= 0.3 is 0 Å². The second kappa shape index (κ2) is 1.13. The monoisotopic (exact) mass is 186 g/mol. The van der Waals surface area contributed by atoms with Crippen LogP contribution in [0.3, 0.4) is 0 Å². The van der Waals surface area contributed by atoms with E-state index in [0.29, 0.717) is 0 Å². The molecular weight excluding hydrogens is 176 g/mol. The summed E-state index contributed by atoms with van der Waals surface area (Å²) in [4.78, 5) is 0.910. The van der Waals surface area contributed by atoms with Gasteiger partial charge in [-0.15, -0.1) is 0 Å². The molecule has 0 nitrogen and oxygen atoms in total. The topological polar surface area (TPSA) is 0 Å². The number of alkyl halides is 1. The third kappa shape index (κ3) is 0.383. The van der Waals surface area contributed by atoms with Crippen molar-refractivity contribution in [1.82, 2.24) is 0 Å². The zero-order valence-electron chi connectivity index (χ0n) is 5.49. The second-order valence-electron chi connectivity index (χ2n) is 4.11. The average Bonchev–Trinajstić information content (AvgIpc) is 2.62. The molecule has 1 unspecified atom stereocenters. The molecule has 0 heterocycles. The highest BCUT2D eigenvalue weighted by Crippen LogP contribution is 2.82. The molecule has 3 aliphatic rings. The van der Waals surface area contributed by atoms with Crippen LogP contribution in [0.1, 0.15) is 32.1 Å². The molecular formula is C8H11Br. The minimum atomic E-state index is 0.854. The normalized spacial score (nSPS) is 47.0. The van der Waals surface area contributed by atoms with E-state index in [1.165, 1.54) is 19.3 Å². The summed E-state index contributed by atoms with van der Waals surface area (Å²) < 4.78 is 0. The number of halogens is 1. The Kier molecular flexibility index (Phi) is 0.650. The van der Waals surface area contributed by atoms with Crippen LogP contribution >= 0.6 is 15.9 Å². The summed E-state index contributed by atoms with van der Waals surface area (Å²) in [6, 6.07) is 0. The Morgan fingerprint density at radius 2 is 1.78 bits per heavy atom. The van der Waals surface area contributed by atoms with Crippen LogP contribution < -0.4 is 0 Å². The van der Waals surface area contributed by atoms with E-state index in [-0.39, 0.29) is 0 Å². The maximum absolute atomic E-state index is 3.76. The van der Waals surface area contributed by atoms with E-state index in [4.69, 9.17) is 0 Å². The smallest absolute Gasteiger partial charge is 0.0213 e. The molecule has 0 amide bonds. The molecule has 2 spiro atoms. The van der Waals surface area contributed by atoms with Crippen LogP contribution in [0.25, 0.3) is 0 Å². The second-order valence-corrected chi connectivity index (χ2v) is 5.21. The molecule has 0 aliphatic heterocycles. The molecule has 3 fully saturated rings. The molecule has 0 aromatic heterocycles. The van der Waals surface area contributed by atoms with E-state index in [9.17, 15) is 0 Å². The van der Waals surface area contributed by atoms with Crippen LogP contribution in [-0.2, 0) is 0 Å². The molecule has 0 aromatic carbocycles. The highest BCUT2D eigenvalue weighted by Gasteiger charge is 2.75. The summed E-state index contributed by atoms with van der Waals surface area (Å²) in [5, 5.41) is 0. The molecule has 3 rings (SSSR count). The van der Waals surface area contributed by atoms with Gasteiger partial charge in [0, 0.05) is 4.83 Å². The third-order valence-electron chi connectivity index (χ3n) is 3.87. The maximum atomic E-state index is 3.76. The van der Waals surface area contributed by atoms with Crippen molar-refractivity contribution < 1.29 is 0 Å². The largest absolute Gasteiger partial charge is 0.0884 e. The van der Waals surface area contributed by atoms with E-state index in [1.54, 1.807) is 12.8 Å². The molecule has 0 N–H and O–H groups in total. The van der Waals surface area contributed by atoms with Gasteiger partial charge in [0.25, 0.3) is 0 Å². The minimum Gasteiger partial charge on any atom is -0.0884 e. The summed E-state index contributed by atoms with van der Waals surface area (Å²) in [6.07, 6.45) is 7.66.